The summed E-state index contributed by atoms with van der Waals surface area (Å²) < 4.78 is 5.11. The minimum absolute atomic E-state index is 0.646. The maximum Gasteiger partial charge on any atom is 0.212 e. The predicted molar refractivity (Wildman–Crippen MR) is 103 cm³/mol. The van der Waals surface area contributed by atoms with Gasteiger partial charge in [0, 0.05) is 55.4 Å². The van der Waals surface area contributed by atoms with Gasteiger partial charge in [0.1, 0.15) is 12.1 Å². The second kappa shape index (κ2) is 7.43. The lowest BCUT2D eigenvalue weighted by molar-refractivity contribution is 0.249. The summed E-state index contributed by atoms with van der Waals surface area (Å²) in [6.45, 7) is 4.67. The Morgan fingerprint density at radius 3 is 2.62 bits per heavy atom. The Hall–Kier alpha value is -2.44. The first-order valence-electron chi connectivity index (χ1n) is 8.59. The molecule has 1 fully saturated rings. The molecule has 1 aliphatic heterocycles. The zero-order chi connectivity index (χ0) is 17.9. The Labute approximate surface area is 157 Å². The van der Waals surface area contributed by atoms with Crippen molar-refractivity contribution in [2.24, 2.45) is 0 Å². The molecule has 0 saturated carbocycles. The fourth-order valence-corrected chi connectivity index (χ4v) is 3.44. The number of methoxy groups -OCH3 is 1. The number of ether oxygens (including phenoxy) is 1. The number of hydrogen-bond donors (Lipinski definition) is 0. The molecular weight excluding hydrogens is 350 g/mol. The number of pyridine rings is 1. The van der Waals surface area contributed by atoms with Gasteiger partial charge in [0.2, 0.25) is 5.88 Å². The van der Waals surface area contributed by atoms with E-state index in [0.29, 0.717) is 10.9 Å². The standard InChI is InChI=1S/C19H20ClN5O/c1-26-18-5-2-14(11-21-18)12-24-6-8-25(9-7-24)19-16-10-15(20)3-4-17(16)22-13-23-19/h2-5,10-11,13H,6-9,12H2,1H3. The monoisotopic (exact) mass is 369 g/mol. The minimum atomic E-state index is 0.646. The Bertz CT molecular complexity index is 894. The summed E-state index contributed by atoms with van der Waals surface area (Å²) in [7, 11) is 1.63. The number of aromatic nitrogens is 3. The fourth-order valence-electron chi connectivity index (χ4n) is 3.27. The van der Waals surface area contributed by atoms with Crippen molar-refractivity contribution in [1.29, 1.82) is 0 Å². The molecule has 1 saturated heterocycles. The Morgan fingerprint density at radius 2 is 1.88 bits per heavy atom. The fraction of sp³-hybridized carbons (Fsp3) is 0.316. The van der Waals surface area contributed by atoms with Gasteiger partial charge in [0.25, 0.3) is 0 Å². The van der Waals surface area contributed by atoms with E-state index in [2.05, 4.69) is 30.8 Å². The van der Waals surface area contributed by atoms with Crippen LogP contribution in [0, 0.1) is 0 Å². The van der Waals surface area contributed by atoms with Crippen molar-refractivity contribution in [3.05, 3.63) is 53.4 Å². The summed E-state index contributed by atoms with van der Waals surface area (Å²) in [5, 5.41) is 1.71. The number of piperazine rings is 1. The number of hydrogen-bond acceptors (Lipinski definition) is 6. The van der Waals surface area contributed by atoms with E-state index in [1.165, 1.54) is 5.56 Å². The first kappa shape index (κ1) is 17.0. The van der Waals surface area contributed by atoms with Crippen LogP contribution in [0.1, 0.15) is 5.56 Å². The molecule has 26 heavy (non-hydrogen) atoms. The summed E-state index contributed by atoms with van der Waals surface area (Å²) in [6.07, 6.45) is 3.51. The maximum absolute atomic E-state index is 6.17. The van der Waals surface area contributed by atoms with E-state index in [1.807, 2.05) is 30.5 Å². The highest BCUT2D eigenvalue weighted by atomic mass is 35.5. The average molecular weight is 370 g/mol. The van der Waals surface area contributed by atoms with Crippen molar-refractivity contribution < 1.29 is 4.74 Å². The topological polar surface area (TPSA) is 54.4 Å². The van der Waals surface area contributed by atoms with Gasteiger partial charge in [-0.25, -0.2) is 15.0 Å². The second-order valence-electron chi connectivity index (χ2n) is 6.33. The van der Waals surface area contributed by atoms with Crippen LogP contribution in [0.2, 0.25) is 5.02 Å². The third-order valence-electron chi connectivity index (χ3n) is 4.66. The zero-order valence-electron chi connectivity index (χ0n) is 14.6. The van der Waals surface area contributed by atoms with Crippen LogP contribution in [0.25, 0.3) is 10.9 Å². The van der Waals surface area contributed by atoms with Crippen molar-refractivity contribution in [2.45, 2.75) is 6.54 Å². The molecule has 0 radical (unpaired) electrons. The Morgan fingerprint density at radius 1 is 1.04 bits per heavy atom. The highest BCUT2D eigenvalue weighted by Gasteiger charge is 2.20. The first-order chi connectivity index (χ1) is 12.7. The van der Waals surface area contributed by atoms with Crippen LogP contribution in [0.5, 0.6) is 5.88 Å². The first-order valence-corrected chi connectivity index (χ1v) is 8.97. The molecular formula is C19H20ClN5O. The second-order valence-corrected chi connectivity index (χ2v) is 6.77. The van der Waals surface area contributed by atoms with Gasteiger partial charge in [-0.05, 0) is 23.8 Å². The lowest BCUT2D eigenvalue weighted by Crippen LogP contribution is -2.46. The highest BCUT2D eigenvalue weighted by molar-refractivity contribution is 6.31. The van der Waals surface area contributed by atoms with E-state index in [-0.39, 0.29) is 0 Å². The van der Waals surface area contributed by atoms with E-state index in [1.54, 1.807) is 13.4 Å². The van der Waals surface area contributed by atoms with Crippen molar-refractivity contribution in [3.63, 3.8) is 0 Å². The number of rotatable bonds is 4. The van der Waals surface area contributed by atoms with Crippen molar-refractivity contribution >= 4 is 28.3 Å². The molecule has 1 aromatic carbocycles. The molecule has 1 aliphatic rings. The molecule has 0 spiro atoms. The summed E-state index contributed by atoms with van der Waals surface area (Å²) in [5.41, 5.74) is 2.12. The normalized spacial score (nSPS) is 15.4. The van der Waals surface area contributed by atoms with Gasteiger partial charge in [-0.15, -0.1) is 0 Å². The molecule has 0 aliphatic carbocycles. The van der Waals surface area contributed by atoms with Crippen LogP contribution in [-0.2, 0) is 6.54 Å². The smallest absolute Gasteiger partial charge is 0.212 e. The van der Waals surface area contributed by atoms with Gasteiger partial charge in [-0.1, -0.05) is 17.7 Å². The van der Waals surface area contributed by atoms with E-state index >= 15 is 0 Å². The molecule has 3 aromatic rings. The summed E-state index contributed by atoms with van der Waals surface area (Å²) in [4.78, 5) is 17.9. The van der Waals surface area contributed by atoms with Gasteiger partial charge in [0.05, 0.1) is 12.6 Å². The average Bonchev–Trinajstić information content (AvgIpc) is 2.69. The minimum Gasteiger partial charge on any atom is -0.481 e. The van der Waals surface area contributed by atoms with Crippen LogP contribution >= 0.6 is 11.6 Å². The van der Waals surface area contributed by atoms with Gasteiger partial charge < -0.3 is 9.64 Å². The molecule has 3 heterocycles. The number of anilines is 1. The van der Waals surface area contributed by atoms with Gasteiger partial charge in [-0.3, -0.25) is 4.90 Å². The lowest BCUT2D eigenvalue weighted by atomic mass is 10.2. The lowest BCUT2D eigenvalue weighted by Gasteiger charge is -2.35. The van der Waals surface area contributed by atoms with Crippen molar-refractivity contribution in [1.82, 2.24) is 19.9 Å². The zero-order valence-corrected chi connectivity index (χ0v) is 15.4. The number of fused-ring (bicyclic) bond motifs is 1. The molecule has 2 aromatic heterocycles. The largest absolute Gasteiger partial charge is 0.481 e. The third-order valence-corrected chi connectivity index (χ3v) is 4.90. The summed E-state index contributed by atoms with van der Waals surface area (Å²) >= 11 is 6.17. The quantitative estimate of drug-likeness (QED) is 0.704. The van der Waals surface area contributed by atoms with Crippen LogP contribution < -0.4 is 9.64 Å². The van der Waals surface area contributed by atoms with E-state index in [4.69, 9.17) is 16.3 Å². The Balaban J connectivity index is 1.44. The van der Waals surface area contributed by atoms with Gasteiger partial charge >= 0.3 is 0 Å². The van der Waals surface area contributed by atoms with Crippen molar-refractivity contribution in [3.8, 4) is 5.88 Å². The number of nitrogens with zero attached hydrogens (tertiary/aromatic N) is 5. The van der Waals surface area contributed by atoms with E-state index < -0.39 is 0 Å². The van der Waals surface area contributed by atoms with Crippen LogP contribution in [0.15, 0.2) is 42.9 Å². The van der Waals surface area contributed by atoms with Crippen LogP contribution in [-0.4, -0.2) is 53.1 Å². The summed E-state index contributed by atoms with van der Waals surface area (Å²) in [5.74, 6) is 1.61. The van der Waals surface area contributed by atoms with E-state index in [0.717, 1.165) is 49.4 Å². The number of benzene rings is 1. The summed E-state index contributed by atoms with van der Waals surface area (Å²) in [6, 6.07) is 9.72. The molecule has 0 atom stereocenters. The molecule has 0 bridgehead atoms. The SMILES string of the molecule is COc1ccc(CN2CCN(c3ncnc4ccc(Cl)cc34)CC2)cn1. The molecule has 0 amide bonds. The van der Waals surface area contributed by atoms with Crippen LogP contribution in [0.3, 0.4) is 0 Å². The Kier molecular flexibility index (Phi) is 4.86. The van der Waals surface area contributed by atoms with Gasteiger partial charge in [-0.2, -0.15) is 0 Å². The van der Waals surface area contributed by atoms with Crippen LogP contribution in [0.4, 0.5) is 5.82 Å². The predicted octanol–water partition coefficient (Wildman–Crippen LogP) is 3.01. The molecule has 4 rings (SSSR count). The number of halogens is 1. The highest BCUT2D eigenvalue weighted by Crippen LogP contribution is 2.26. The molecule has 7 heteroatoms. The van der Waals surface area contributed by atoms with E-state index in [9.17, 15) is 0 Å². The molecule has 134 valence electrons. The van der Waals surface area contributed by atoms with Gasteiger partial charge in [0.15, 0.2) is 0 Å². The maximum atomic E-state index is 6.17. The molecule has 0 unspecified atom stereocenters. The van der Waals surface area contributed by atoms with Crippen molar-refractivity contribution in [2.75, 3.05) is 38.2 Å². The molecule has 6 nitrogen and oxygen atoms in total. The third kappa shape index (κ3) is 3.57. The molecule has 0 N–H and O–H groups in total.